The number of ether oxygens (including phenoxy) is 1. The van der Waals surface area contributed by atoms with Crippen molar-refractivity contribution < 1.29 is 9.53 Å². The summed E-state index contributed by atoms with van der Waals surface area (Å²) in [6.45, 7) is 4.39. The van der Waals surface area contributed by atoms with Crippen LogP contribution in [0.15, 0.2) is 60.9 Å². The van der Waals surface area contributed by atoms with Crippen LogP contribution in [0.3, 0.4) is 0 Å². The summed E-state index contributed by atoms with van der Waals surface area (Å²) in [6.07, 6.45) is 3.36. The Bertz CT molecular complexity index is 1170. The first-order valence-corrected chi connectivity index (χ1v) is 9.36. The van der Waals surface area contributed by atoms with Gasteiger partial charge in [-0.15, -0.1) is 0 Å². The molecule has 0 fully saturated rings. The molecule has 0 radical (unpaired) electrons. The fourth-order valence-electron chi connectivity index (χ4n) is 3.02. The Balaban J connectivity index is 1.79. The standard InChI is InChI=1S/C22H21N5O2/c1-14(2)13-29-22(28)15-7-9-16(10-8-15)27-20(17-5-3-11-24-19(17)23)26-18-6-4-12-25-21(18)27/h3-12,14H,13H2,1-2H3,(H2,23,24). The van der Waals surface area contributed by atoms with Crippen LogP contribution >= 0.6 is 0 Å². The van der Waals surface area contributed by atoms with Crippen molar-refractivity contribution in [2.45, 2.75) is 13.8 Å². The maximum atomic E-state index is 12.2. The van der Waals surface area contributed by atoms with Crippen molar-refractivity contribution in [3.05, 3.63) is 66.5 Å². The van der Waals surface area contributed by atoms with E-state index in [0.717, 1.165) is 11.2 Å². The molecule has 7 heteroatoms. The quantitative estimate of drug-likeness (QED) is 0.522. The van der Waals surface area contributed by atoms with Gasteiger partial charge in [0, 0.05) is 18.1 Å². The Hall–Kier alpha value is -3.74. The number of esters is 1. The van der Waals surface area contributed by atoms with Crippen molar-refractivity contribution in [3.63, 3.8) is 0 Å². The number of anilines is 1. The van der Waals surface area contributed by atoms with E-state index >= 15 is 0 Å². The largest absolute Gasteiger partial charge is 0.462 e. The van der Waals surface area contributed by atoms with E-state index < -0.39 is 0 Å². The molecule has 29 heavy (non-hydrogen) atoms. The second kappa shape index (κ2) is 7.71. The molecule has 2 N–H and O–H groups in total. The average Bonchev–Trinajstić information content (AvgIpc) is 3.11. The van der Waals surface area contributed by atoms with Gasteiger partial charge in [0.05, 0.1) is 17.7 Å². The van der Waals surface area contributed by atoms with Crippen molar-refractivity contribution in [3.8, 4) is 17.1 Å². The molecule has 7 nitrogen and oxygen atoms in total. The first-order valence-electron chi connectivity index (χ1n) is 9.36. The maximum Gasteiger partial charge on any atom is 0.338 e. The molecular weight excluding hydrogens is 366 g/mol. The number of rotatable bonds is 5. The number of aromatic nitrogens is 4. The normalized spacial score (nSPS) is 11.1. The summed E-state index contributed by atoms with van der Waals surface area (Å²) in [5.74, 6) is 0.974. The van der Waals surface area contributed by atoms with E-state index in [1.807, 2.05) is 54.8 Å². The zero-order valence-electron chi connectivity index (χ0n) is 16.2. The molecule has 0 aliphatic heterocycles. The van der Waals surface area contributed by atoms with Gasteiger partial charge in [0.15, 0.2) is 11.5 Å². The summed E-state index contributed by atoms with van der Waals surface area (Å²) in [4.78, 5) is 25.6. The third-order valence-electron chi connectivity index (χ3n) is 4.40. The lowest BCUT2D eigenvalue weighted by molar-refractivity contribution is 0.0459. The molecule has 0 saturated carbocycles. The molecule has 4 aromatic rings. The van der Waals surface area contributed by atoms with Gasteiger partial charge in [-0.05, 0) is 54.4 Å². The van der Waals surface area contributed by atoms with E-state index in [1.165, 1.54) is 0 Å². The Morgan fingerprint density at radius 1 is 1.07 bits per heavy atom. The molecule has 3 heterocycles. The van der Waals surface area contributed by atoms with Gasteiger partial charge in [-0.1, -0.05) is 13.8 Å². The number of nitrogens with two attached hydrogens (primary N) is 1. The number of hydrogen-bond acceptors (Lipinski definition) is 6. The van der Waals surface area contributed by atoms with Gasteiger partial charge in [0.2, 0.25) is 0 Å². The molecule has 0 bridgehead atoms. The summed E-state index contributed by atoms with van der Waals surface area (Å²) in [6, 6.07) is 14.6. The summed E-state index contributed by atoms with van der Waals surface area (Å²) < 4.78 is 7.21. The number of fused-ring (bicyclic) bond motifs is 1. The highest BCUT2D eigenvalue weighted by atomic mass is 16.5. The Labute approximate surface area is 168 Å². The zero-order valence-corrected chi connectivity index (χ0v) is 16.2. The number of nitrogen functional groups attached to an aromatic ring is 1. The predicted octanol–water partition coefficient (Wildman–Crippen LogP) is 3.88. The van der Waals surface area contributed by atoms with Gasteiger partial charge in [-0.25, -0.2) is 19.7 Å². The average molecular weight is 387 g/mol. The van der Waals surface area contributed by atoms with Gasteiger partial charge in [-0.2, -0.15) is 0 Å². The van der Waals surface area contributed by atoms with Gasteiger partial charge in [0.1, 0.15) is 11.3 Å². The number of benzene rings is 1. The van der Waals surface area contributed by atoms with Crippen LogP contribution in [0, 0.1) is 5.92 Å². The van der Waals surface area contributed by atoms with Crippen LogP contribution in [-0.4, -0.2) is 32.1 Å². The van der Waals surface area contributed by atoms with Gasteiger partial charge in [0.25, 0.3) is 0 Å². The van der Waals surface area contributed by atoms with E-state index in [9.17, 15) is 4.79 Å². The lowest BCUT2D eigenvalue weighted by Crippen LogP contribution is -2.10. The number of nitrogens with zero attached hydrogens (tertiary/aromatic N) is 4. The lowest BCUT2D eigenvalue weighted by atomic mass is 10.2. The van der Waals surface area contributed by atoms with Crippen LogP contribution in [0.5, 0.6) is 0 Å². The predicted molar refractivity (Wildman–Crippen MR) is 112 cm³/mol. The van der Waals surface area contributed by atoms with E-state index in [-0.39, 0.29) is 11.9 Å². The first-order chi connectivity index (χ1) is 14.0. The third-order valence-corrected chi connectivity index (χ3v) is 4.40. The molecular formula is C22H21N5O2. The molecule has 4 rings (SSSR count). The van der Waals surface area contributed by atoms with Crippen molar-refractivity contribution in [2.75, 3.05) is 12.3 Å². The Morgan fingerprint density at radius 3 is 2.52 bits per heavy atom. The number of imidazole rings is 1. The molecule has 0 atom stereocenters. The number of pyridine rings is 2. The Morgan fingerprint density at radius 2 is 1.79 bits per heavy atom. The number of carbonyl (C=O) groups excluding carboxylic acids is 1. The molecule has 0 spiro atoms. The topological polar surface area (TPSA) is 95.9 Å². The fourth-order valence-corrected chi connectivity index (χ4v) is 3.02. The third kappa shape index (κ3) is 3.67. The molecule has 1 aromatic carbocycles. The molecule has 0 unspecified atom stereocenters. The van der Waals surface area contributed by atoms with E-state index in [2.05, 4.69) is 9.97 Å². The lowest BCUT2D eigenvalue weighted by Gasteiger charge is -2.11. The van der Waals surface area contributed by atoms with Crippen LogP contribution in [0.4, 0.5) is 5.82 Å². The second-order valence-corrected chi connectivity index (χ2v) is 7.09. The van der Waals surface area contributed by atoms with Crippen LogP contribution in [0.25, 0.3) is 28.2 Å². The molecule has 0 aliphatic rings. The van der Waals surface area contributed by atoms with E-state index in [0.29, 0.717) is 35.0 Å². The van der Waals surface area contributed by atoms with Crippen LogP contribution in [0.2, 0.25) is 0 Å². The minimum absolute atomic E-state index is 0.286. The molecule has 3 aromatic heterocycles. The van der Waals surface area contributed by atoms with Gasteiger partial charge < -0.3 is 10.5 Å². The van der Waals surface area contributed by atoms with Crippen LogP contribution < -0.4 is 5.73 Å². The molecule has 146 valence electrons. The van der Waals surface area contributed by atoms with Gasteiger partial charge in [-0.3, -0.25) is 4.57 Å². The zero-order chi connectivity index (χ0) is 20.4. The van der Waals surface area contributed by atoms with Crippen molar-refractivity contribution in [1.82, 2.24) is 19.5 Å². The van der Waals surface area contributed by atoms with Gasteiger partial charge >= 0.3 is 5.97 Å². The second-order valence-electron chi connectivity index (χ2n) is 7.09. The summed E-state index contributed by atoms with van der Waals surface area (Å²) >= 11 is 0. The van der Waals surface area contributed by atoms with E-state index in [4.69, 9.17) is 15.5 Å². The monoisotopic (exact) mass is 387 g/mol. The molecule has 0 amide bonds. The molecule has 0 saturated heterocycles. The smallest absolute Gasteiger partial charge is 0.338 e. The highest BCUT2D eigenvalue weighted by Crippen LogP contribution is 2.30. The van der Waals surface area contributed by atoms with Crippen LogP contribution in [-0.2, 0) is 4.74 Å². The Kier molecular flexibility index (Phi) is 4.95. The summed E-state index contributed by atoms with van der Waals surface area (Å²) in [5, 5.41) is 0. The first kappa shape index (κ1) is 18.6. The minimum Gasteiger partial charge on any atom is -0.462 e. The van der Waals surface area contributed by atoms with Crippen molar-refractivity contribution in [1.29, 1.82) is 0 Å². The summed E-state index contributed by atoms with van der Waals surface area (Å²) in [7, 11) is 0. The SMILES string of the molecule is CC(C)COC(=O)c1ccc(-n2c(-c3cccnc3N)nc3cccnc32)cc1. The van der Waals surface area contributed by atoms with Crippen LogP contribution in [0.1, 0.15) is 24.2 Å². The highest BCUT2D eigenvalue weighted by molar-refractivity contribution is 5.90. The molecule has 0 aliphatic carbocycles. The number of carbonyl (C=O) groups is 1. The maximum absolute atomic E-state index is 12.2. The number of hydrogen-bond donors (Lipinski definition) is 1. The fraction of sp³-hybridized carbons (Fsp3) is 0.182. The van der Waals surface area contributed by atoms with Crippen molar-refractivity contribution in [2.24, 2.45) is 5.92 Å². The highest BCUT2D eigenvalue weighted by Gasteiger charge is 2.18. The minimum atomic E-state index is -0.337. The van der Waals surface area contributed by atoms with Crippen molar-refractivity contribution >= 4 is 23.0 Å². The van der Waals surface area contributed by atoms with E-state index in [1.54, 1.807) is 24.5 Å². The summed E-state index contributed by atoms with van der Waals surface area (Å²) in [5.41, 5.74) is 9.55.